The fourth-order valence-corrected chi connectivity index (χ4v) is 1.79. The van der Waals surface area contributed by atoms with Crippen LogP contribution in [-0.2, 0) is 0 Å². The van der Waals surface area contributed by atoms with E-state index in [0.717, 1.165) is 0 Å². The number of benzene rings is 2. The van der Waals surface area contributed by atoms with E-state index in [1.54, 1.807) is 0 Å². The summed E-state index contributed by atoms with van der Waals surface area (Å²) in [5, 5.41) is 3.41. The lowest BCUT2D eigenvalue weighted by Gasteiger charge is -2.20. The van der Waals surface area contributed by atoms with Gasteiger partial charge in [-0.15, -0.1) is 0 Å². The van der Waals surface area contributed by atoms with Crippen LogP contribution in [0.15, 0.2) is 48.5 Å². The molecule has 0 atom stereocenters. The van der Waals surface area contributed by atoms with Gasteiger partial charge in [-0.2, -0.15) is 0 Å². The molecule has 0 aliphatic carbocycles. The van der Waals surface area contributed by atoms with E-state index in [0.29, 0.717) is 0 Å². The smallest absolute Gasteiger partial charge is 0.196 e. The van der Waals surface area contributed by atoms with Crippen LogP contribution in [-0.4, -0.2) is 7.28 Å². The zero-order valence-electron chi connectivity index (χ0n) is 7.70. The molecule has 0 bridgehead atoms. The SMILES string of the molecule is [B]1c2ccccc2Nc2ccccc21. The van der Waals surface area contributed by atoms with Gasteiger partial charge in [-0.3, -0.25) is 0 Å². The highest BCUT2D eigenvalue weighted by Crippen LogP contribution is 2.15. The Morgan fingerprint density at radius 2 is 1.21 bits per heavy atom. The normalized spacial score (nSPS) is 12.0. The second-order valence-corrected chi connectivity index (χ2v) is 3.44. The minimum atomic E-state index is 1.19. The van der Waals surface area contributed by atoms with Crippen molar-refractivity contribution < 1.29 is 0 Å². The van der Waals surface area contributed by atoms with E-state index in [9.17, 15) is 0 Å². The Labute approximate surface area is 84.0 Å². The summed E-state index contributed by atoms with van der Waals surface area (Å²) in [5.74, 6) is 0. The molecule has 2 heteroatoms. The average molecular weight is 178 g/mol. The number of hydrogen-bond donors (Lipinski definition) is 1. The van der Waals surface area contributed by atoms with Crippen molar-refractivity contribution in [1.29, 1.82) is 0 Å². The van der Waals surface area contributed by atoms with Crippen molar-refractivity contribution in [3.05, 3.63) is 48.5 Å². The highest BCUT2D eigenvalue weighted by atomic mass is 14.9. The van der Waals surface area contributed by atoms with Crippen LogP contribution in [0, 0.1) is 0 Å². The Hall–Kier alpha value is -1.70. The van der Waals surface area contributed by atoms with E-state index in [4.69, 9.17) is 0 Å². The van der Waals surface area contributed by atoms with Gasteiger partial charge in [-0.05, 0) is 12.1 Å². The molecule has 1 aliphatic rings. The highest BCUT2D eigenvalue weighted by Gasteiger charge is 2.13. The van der Waals surface area contributed by atoms with Crippen LogP contribution in [0.3, 0.4) is 0 Å². The Bertz CT molecular complexity index is 392. The Morgan fingerprint density at radius 1 is 0.714 bits per heavy atom. The second-order valence-electron chi connectivity index (χ2n) is 3.44. The van der Waals surface area contributed by atoms with E-state index >= 15 is 0 Å². The van der Waals surface area contributed by atoms with E-state index in [1.165, 1.54) is 22.3 Å². The van der Waals surface area contributed by atoms with Gasteiger partial charge in [0.25, 0.3) is 0 Å². The molecule has 0 fully saturated rings. The molecule has 1 nitrogen and oxygen atoms in total. The fourth-order valence-electron chi connectivity index (χ4n) is 1.79. The van der Waals surface area contributed by atoms with Gasteiger partial charge >= 0.3 is 0 Å². The quantitative estimate of drug-likeness (QED) is 0.513. The van der Waals surface area contributed by atoms with E-state index in [2.05, 4.69) is 49.0 Å². The van der Waals surface area contributed by atoms with Crippen molar-refractivity contribution in [3.63, 3.8) is 0 Å². The first kappa shape index (κ1) is 7.68. The van der Waals surface area contributed by atoms with Gasteiger partial charge in [0.1, 0.15) is 0 Å². The maximum atomic E-state index is 3.41. The van der Waals surface area contributed by atoms with Crippen molar-refractivity contribution in [1.82, 2.24) is 0 Å². The summed E-state index contributed by atoms with van der Waals surface area (Å²) >= 11 is 0. The maximum absolute atomic E-state index is 3.41. The molecule has 2 aromatic carbocycles. The third-order valence-corrected chi connectivity index (χ3v) is 2.50. The minimum absolute atomic E-state index is 1.19. The van der Waals surface area contributed by atoms with Crippen molar-refractivity contribution in [2.45, 2.75) is 0 Å². The number of para-hydroxylation sites is 2. The summed E-state index contributed by atoms with van der Waals surface area (Å²) in [6.07, 6.45) is 0. The summed E-state index contributed by atoms with van der Waals surface area (Å²) in [6.45, 7) is 0. The molecule has 1 N–H and O–H groups in total. The predicted octanol–water partition coefficient (Wildman–Crippen LogP) is 1.40. The topological polar surface area (TPSA) is 12.0 Å². The monoisotopic (exact) mass is 178 g/mol. The van der Waals surface area contributed by atoms with Gasteiger partial charge in [0.05, 0.1) is 0 Å². The molecule has 0 saturated carbocycles. The number of anilines is 2. The first-order chi connectivity index (χ1) is 6.93. The molecule has 3 rings (SSSR count). The lowest BCUT2D eigenvalue weighted by Crippen LogP contribution is -2.35. The van der Waals surface area contributed by atoms with Crippen LogP contribution in [0.4, 0.5) is 11.4 Å². The molecule has 1 aliphatic heterocycles. The van der Waals surface area contributed by atoms with Gasteiger partial charge < -0.3 is 5.32 Å². The van der Waals surface area contributed by atoms with E-state index < -0.39 is 0 Å². The van der Waals surface area contributed by atoms with Crippen LogP contribution < -0.4 is 16.2 Å². The Kier molecular flexibility index (Phi) is 1.60. The van der Waals surface area contributed by atoms with E-state index in [1.807, 2.05) is 12.1 Å². The van der Waals surface area contributed by atoms with Crippen LogP contribution in [0.1, 0.15) is 0 Å². The van der Waals surface area contributed by atoms with Crippen molar-refractivity contribution in [2.75, 3.05) is 5.32 Å². The van der Waals surface area contributed by atoms with Gasteiger partial charge in [-0.25, -0.2) is 0 Å². The zero-order chi connectivity index (χ0) is 9.38. The molecule has 0 amide bonds. The number of rotatable bonds is 0. The molecule has 0 aromatic heterocycles. The Balaban J connectivity index is 2.12. The first-order valence-electron chi connectivity index (χ1n) is 4.73. The lowest BCUT2D eigenvalue weighted by molar-refractivity contribution is 1.58. The molecule has 1 radical (unpaired) electrons. The molecular weight excluding hydrogens is 169 g/mol. The predicted molar refractivity (Wildman–Crippen MR) is 61.2 cm³/mol. The molecule has 14 heavy (non-hydrogen) atoms. The Morgan fingerprint density at radius 3 is 1.79 bits per heavy atom. The van der Waals surface area contributed by atoms with Crippen LogP contribution >= 0.6 is 0 Å². The van der Waals surface area contributed by atoms with Crippen molar-refractivity contribution in [2.24, 2.45) is 0 Å². The molecule has 0 unspecified atom stereocenters. The first-order valence-corrected chi connectivity index (χ1v) is 4.73. The lowest BCUT2D eigenvalue weighted by atomic mass is 9.61. The molecule has 2 aromatic rings. The zero-order valence-corrected chi connectivity index (χ0v) is 7.70. The largest absolute Gasteiger partial charge is 0.356 e. The average Bonchev–Trinajstić information content (AvgIpc) is 2.26. The maximum Gasteiger partial charge on any atom is 0.196 e. The third-order valence-electron chi connectivity index (χ3n) is 2.50. The summed E-state index contributed by atoms with van der Waals surface area (Å²) < 4.78 is 0. The van der Waals surface area contributed by atoms with Crippen LogP contribution in [0.5, 0.6) is 0 Å². The highest BCUT2D eigenvalue weighted by molar-refractivity contribution is 6.71. The summed E-state index contributed by atoms with van der Waals surface area (Å²) in [4.78, 5) is 0. The van der Waals surface area contributed by atoms with Gasteiger partial charge in [0.2, 0.25) is 0 Å². The molecule has 65 valence electrons. The van der Waals surface area contributed by atoms with E-state index in [-0.39, 0.29) is 0 Å². The second kappa shape index (κ2) is 2.91. The molecule has 1 heterocycles. The van der Waals surface area contributed by atoms with Crippen molar-refractivity contribution >= 4 is 29.6 Å². The van der Waals surface area contributed by atoms with Crippen LogP contribution in [0.25, 0.3) is 0 Å². The number of nitrogens with one attached hydrogen (secondary N) is 1. The summed E-state index contributed by atoms with van der Waals surface area (Å²) in [7, 11) is 2.21. The van der Waals surface area contributed by atoms with Gasteiger partial charge in [-0.1, -0.05) is 47.3 Å². The van der Waals surface area contributed by atoms with Crippen LogP contribution in [0.2, 0.25) is 0 Å². The summed E-state index contributed by atoms with van der Waals surface area (Å²) in [6, 6.07) is 16.7. The molecule has 0 spiro atoms. The third kappa shape index (κ3) is 1.11. The summed E-state index contributed by atoms with van der Waals surface area (Å²) in [5.41, 5.74) is 4.88. The standard InChI is InChI=1S/C12H9BN/c1-3-7-11-9(5-1)13-10-6-2-4-8-12(10)14-11/h1-8,14H. The van der Waals surface area contributed by atoms with Gasteiger partial charge in [0, 0.05) is 11.4 Å². The minimum Gasteiger partial charge on any atom is -0.356 e. The molecular formula is C12H9BN. The van der Waals surface area contributed by atoms with Crippen molar-refractivity contribution in [3.8, 4) is 0 Å². The molecule has 0 saturated heterocycles. The fraction of sp³-hybridized carbons (Fsp3) is 0. The van der Waals surface area contributed by atoms with Gasteiger partial charge in [0.15, 0.2) is 7.28 Å². The number of hydrogen-bond acceptors (Lipinski definition) is 1. The number of fused-ring (bicyclic) bond motifs is 2.